The SMILES string of the molecule is C=C.C=C/C=C(C)\C(C)=C/C. The second-order valence-electron chi connectivity index (χ2n) is 2.06. The van der Waals surface area contributed by atoms with Gasteiger partial charge in [-0.15, -0.1) is 13.2 Å². The van der Waals surface area contributed by atoms with Gasteiger partial charge < -0.3 is 0 Å². The van der Waals surface area contributed by atoms with E-state index in [1.54, 1.807) is 0 Å². The molecule has 0 aliphatic carbocycles. The molecule has 0 aliphatic rings. The zero-order chi connectivity index (χ0) is 9.28. The summed E-state index contributed by atoms with van der Waals surface area (Å²) in [4.78, 5) is 0. The van der Waals surface area contributed by atoms with Gasteiger partial charge in [-0.1, -0.05) is 30.4 Å². The lowest BCUT2D eigenvalue weighted by atomic mass is 10.1. The van der Waals surface area contributed by atoms with E-state index in [-0.39, 0.29) is 0 Å². The van der Waals surface area contributed by atoms with Gasteiger partial charge >= 0.3 is 0 Å². The van der Waals surface area contributed by atoms with Crippen molar-refractivity contribution in [3.8, 4) is 0 Å². The van der Waals surface area contributed by atoms with Crippen LogP contribution in [0.5, 0.6) is 0 Å². The summed E-state index contributed by atoms with van der Waals surface area (Å²) in [5, 5.41) is 0. The van der Waals surface area contributed by atoms with Gasteiger partial charge in [0.15, 0.2) is 0 Å². The fourth-order valence-electron chi connectivity index (χ4n) is 0.536. The van der Waals surface area contributed by atoms with E-state index in [2.05, 4.69) is 39.7 Å². The summed E-state index contributed by atoms with van der Waals surface area (Å²) in [6, 6.07) is 0. The van der Waals surface area contributed by atoms with Crippen LogP contribution in [0.4, 0.5) is 0 Å². The summed E-state index contributed by atoms with van der Waals surface area (Å²) in [6.45, 7) is 15.8. The van der Waals surface area contributed by atoms with Crippen LogP contribution in [-0.4, -0.2) is 0 Å². The topological polar surface area (TPSA) is 0 Å². The molecule has 0 bridgehead atoms. The minimum absolute atomic E-state index is 1.28. The van der Waals surface area contributed by atoms with Crippen molar-refractivity contribution >= 4 is 0 Å². The highest BCUT2D eigenvalue weighted by atomic mass is 13.9. The Balaban J connectivity index is 0. The zero-order valence-corrected chi connectivity index (χ0v) is 7.85. The first-order valence-electron chi connectivity index (χ1n) is 3.65. The maximum absolute atomic E-state index is 3.61. The van der Waals surface area contributed by atoms with Crippen molar-refractivity contribution in [2.45, 2.75) is 20.8 Å². The Kier molecular flexibility index (Phi) is 10.3. The first-order valence-corrected chi connectivity index (χ1v) is 3.65. The van der Waals surface area contributed by atoms with E-state index in [4.69, 9.17) is 0 Å². The van der Waals surface area contributed by atoms with Gasteiger partial charge in [0.25, 0.3) is 0 Å². The van der Waals surface area contributed by atoms with E-state index in [0.717, 1.165) is 0 Å². The van der Waals surface area contributed by atoms with E-state index in [1.807, 2.05) is 19.1 Å². The molecule has 0 aliphatic heterocycles. The summed E-state index contributed by atoms with van der Waals surface area (Å²) >= 11 is 0. The predicted molar refractivity (Wildman–Crippen MR) is 54.6 cm³/mol. The molecule has 0 unspecified atom stereocenters. The van der Waals surface area contributed by atoms with Crippen molar-refractivity contribution < 1.29 is 0 Å². The summed E-state index contributed by atoms with van der Waals surface area (Å²) in [6.07, 6.45) is 5.91. The Morgan fingerprint density at radius 2 is 1.55 bits per heavy atom. The molecule has 0 saturated heterocycles. The van der Waals surface area contributed by atoms with E-state index < -0.39 is 0 Å². The molecule has 0 aromatic rings. The van der Waals surface area contributed by atoms with Crippen LogP contribution in [0, 0.1) is 0 Å². The largest absolute Gasteiger partial charge is 0.106 e. The van der Waals surface area contributed by atoms with Crippen molar-refractivity contribution in [3.63, 3.8) is 0 Å². The Morgan fingerprint density at radius 1 is 1.09 bits per heavy atom. The van der Waals surface area contributed by atoms with Gasteiger partial charge in [-0.05, 0) is 26.3 Å². The fourth-order valence-corrected chi connectivity index (χ4v) is 0.536. The third-order valence-electron chi connectivity index (χ3n) is 1.42. The standard InChI is InChI=1S/C9H14.C2H4/c1-5-7-9(4)8(3)6-2;1-2/h5-7H,1H2,2-4H3;1-2H2/b8-6-,9-7-;. The van der Waals surface area contributed by atoms with Gasteiger partial charge in [-0.2, -0.15) is 0 Å². The molecule has 0 aromatic heterocycles. The first-order chi connectivity index (χ1) is 5.22. The van der Waals surface area contributed by atoms with Crippen molar-refractivity contribution in [1.82, 2.24) is 0 Å². The molecule has 0 nitrogen and oxygen atoms in total. The van der Waals surface area contributed by atoms with Gasteiger partial charge in [0.05, 0.1) is 0 Å². The smallest absolute Gasteiger partial charge is 0.0395 e. The molecule has 0 radical (unpaired) electrons. The first kappa shape index (κ1) is 12.6. The summed E-state index contributed by atoms with van der Waals surface area (Å²) in [5.41, 5.74) is 2.60. The Morgan fingerprint density at radius 3 is 1.82 bits per heavy atom. The Hall–Kier alpha value is -1.04. The van der Waals surface area contributed by atoms with Crippen LogP contribution in [-0.2, 0) is 0 Å². The van der Waals surface area contributed by atoms with Crippen LogP contribution in [0.25, 0.3) is 0 Å². The third kappa shape index (κ3) is 6.85. The zero-order valence-electron chi connectivity index (χ0n) is 7.85. The summed E-state index contributed by atoms with van der Waals surface area (Å²) in [5.74, 6) is 0. The number of hydrogen-bond donors (Lipinski definition) is 0. The summed E-state index contributed by atoms with van der Waals surface area (Å²) < 4.78 is 0. The average molecular weight is 150 g/mol. The molecular formula is C11H18. The van der Waals surface area contributed by atoms with Gasteiger partial charge in [-0.25, -0.2) is 0 Å². The quantitative estimate of drug-likeness (QED) is 0.414. The molecular weight excluding hydrogens is 132 g/mol. The molecule has 11 heavy (non-hydrogen) atoms. The molecule has 0 fully saturated rings. The second kappa shape index (κ2) is 8.96. The van der Waals surface area contributed by atoms with Crippen LogP contribution in [0.3, 0.4) is 0 Å². The minimum atomic E-state index is 1.28. The van der Waals surface area contributed by atoms with Crippen LogP contribution in [0.15, 0.2) is 49.1 Å². The van der Waals surface area contributed by atoms with Gasteiger partial charge in [0.2, 0.25) is 0 Å². The molecule has 0 atom stereocenters. The van der Waals surface area contributed by atoms with Gasteiger partial charge in [0.1, 0.15) is 0 Å². The average Bonchev–Trinajstić information content (AvgIpc) is 2.07. The monoisotopic (exact) mass is 150 g/mol. The molecule has 62 valence electrons. The maximum atomic E-state index is 3.61. The number of rotatable bonds is 2. The maximum Gasteiger partial charge on any atom is -0.0395 e. The molecule has 0 heterocycles. The van der Waals surface area contributed by atoms with Crippen LogP contribution in [0.2, 0.25) is 0 Å². The number of hydrogen-bond acceptors (Lipinski definition) is 0. The van der Waals surface area contributed by atoms with Crippen molar-refractivity contribution in [1.29, 1.82) is 0 Å². The normalized spacial score (nSPS) is 11.5. The van der Waals surface area contributed by atoms with Crippen LogP contribution >= 0.6 is 0 Å². The molecule has 0 N–H and O–H groups in total. The minimum Gasteiger partial charge on any atom is -0.106 e. The van der Waals surface area contributed by atoms with E-state index in [0.29, 0.717) is 0 Å². The highest BCUT2D eigenvalue weighted by molar-refractivity contribution is 5.28. The molecule has 0 saturated carbocycles. The molecule has 0 spiro atoms. The predicted octanol–water partition coefficient (Wildman–Crippen LogP) is 3.89. The van der Waals surface area contributed by atoms with Crippen molar-refractivity contribution in [3.05, 3.63) is 49.1 Å². The molecule has 0 aromatic carbocycles. The van der Waals surface area contributed by atoms with E-state index in [1.165, 1.54) is 11.1 Å². The van der Waals surface area contributed by atoms with E-state index in [9.17, 15) is 0 Å². The van der Waals surface area contributed by atoms with Crippen molar-refractivity contribution in [2.24, 2.45) is 0 Å². The van der Waals surface area contributed by atoms with Gasteiger partial charge in [-0.3, -0.25) is 0 Å². The fraction of sp³-hybridized carbons (Fsp3) is 0.273. The summed E-state index contributed by atoms with van der Waals surface area (Å²) in [7, 11) is 0. The third-order valence-corrected chi connectivity index (χ3v) is 1.42. The lowest BCUT2D eigenvalue weighted by molar-refractivity contribution is 1.33. The van der Waals surface area contributed by atoms with Gasteiger partial charge in [0, 0.05) is 0 Å². The molecule has 0 rings (SSSR count). The Bertz CT molecular complexity index is 159. The van der Waals surface area contributed by atoms with E-state index >= 15 is 0 Å². The molecule has 0 heteroatoms. The van der Waals surface area contributed by atoms with Crippen LogP contribution < -0.4 is 0 Å². The lowest BCUT2D eigenvalue weighted by Gasteiger charge is -1.95. The number of allylic oxidation sites excluding steroid dienone is 5. The molecule has 0 amide bonds. The van der Waals surface area contributed by atoms with Crippen molar-refractivity contribution in [2.75, 3.05) is 0 Å². The lowest BCUT2D eigenvalue weighted by Crippen LogP contribution is -1.75. The highest BCUT2D eigenvalue weighted by Crippen LogP contribution is 2.06. The Labute approximate surface area is 70.6 Å². The second-order valence-corrected chi connectivity index (χ2v) is 2.06. The van der Waals surface area contributed by atoms with Crippen LogP contribution in [0.1, 0.15) is 20.8 Å². The highest BCUT2D eigenvalue weighted by Gasteiger charge is 1.85.